The number of likely N-dealkylation sites (tertiary alicyclic amines) is 1. The normalized spacial score (nSPS) is 18.5. The van der Waals surface area contributed by atoms with Crippen LogP contribution in [0.1, 0.15) is 37.7 Å². The molecule has 1 fully saturated rings. The van der Waals surface area contributed by atoms with Crippen LogP contribution >= 0.6 is 0 Å². The van der Waals surface area contributed by atoms with Crippen LogP contribution in [0, 0.1) is 0 Å². The summed E-state index contributed by atoms with van der Waals surface area (Å²) in [5, 5.41) is 2.97. The molecule has 1 aliphatic rings. The van der Waals surface area contributed by atoms with Crippen LogP contribution in [-0.4, -0.2) is 73.2 Å². The van der Waals surface area contributed by atoms with Crippen molar-refractivity contribution in [2.75, 3.05) is 27.2 Å². The van der Waals surface area contributed by atoms with Crippen LogP contribution < -0.4 is 11.1 Å². The van der Waals surface area contributed by atoms with Crippen LogP contribution in [0.25, 0.3) is 0 Å². The number of aldehydes is 1. The van der Waals surface area contributed by atoms with Gasteiger partial charge in [-0.3, -0.25) is 14.5 Å². The second-order valence-corrected chi connectivity index (χ2v) is 7.89. The van der Waals surface area contributed by atoms with Crippen molar-refractivity contribution in [2.45, 2.75) is 56.7 Å². The molecule has 29 heavy (non-hydrogen) atoms. The summed E-state index contributed by atoms with van der Waals surface area (Å²) in [6.45, 7) is 1.11. The molecule has 1 aliphatic heterocycles. The number of carbonyl (C=O) groups is 3. The molecule has 0 radical (unpaired) electrons. The molecule has 7 nitrogen and oxygen atoms in total. The lowest BCUT2D eigenvalue weighted by Crippen LogP contribution is -2.54. The van der Waals surface area contributed by atoms with E-state index in [1.807, 2.05) is 49.3 Å². The average Bonchev–Trinajstić information content (AvgIpc) is 3.20. The second kappa shape index (κ2) is 11.7. The van der Waals surface area contributed by atoms with E-state index in [0.717, 1.165) is 31.1 Å². The van der Waals surface area contributed by atoms with Crippen molar-refractivity contribution in [3.05, 3.63) is 35.9 Å². The van der Waals surface area contributed by atoms with E-state index in [9.17, 15) is 14.4 Å². The number of nitrogens with zero attached hydrogens (tertiary/aromatic N) is 2. The Labute approximate surface area is 173 Å². The van der Waals surface area contributed by atoms with Gasteiger partial charge >= 0.3 is 0 Å². The second-order valence-electron chi connectivity index (χ2n) is 7.89. The molecule has 0 unspecified atom stereocenters. The summed E-state index contributed by atoms with van der Waals surface area (Å²) >= 11 is 0. The predicted molar refractivity (Wildman–Crippen MR) is 113 cm³/mol. The summed E-state index contributed by atoms with van der Waals surface area (Å²) in [6.07, 6.45) is 4.96. The molecule has 1 aromatic rings. The molecule has 3 N–H and O–H groups in total. The summed E-state index contributed by atoms with van der Waals surface area (Å²) < 4.78 is 0. The maximum atomic E-state index is 13.1. The molecular formula is C22H34N4O3. The van der Waals surface area contributed by atoms with Crippen molar-refractivity contribution in [1.82, 2.24) is 15.1 Å². The maximum Gasteiger partial charge on any atom is 0.245 e. The highest BCUT2D eigenvalue weighted by molar-refractivity contribution is 5.91. The van der Waals surface area contributed by atoms with Crippen LogP contribution in [0.4, 0.5) is 0 Å². The zero-order chi connectivity index (χ0) is 21.2. The molecular weight excluding hydrogens is 368 g/mol. The maximum absolute atomic E-state index is 13.1. The standard InChI is InChI=1S/C22H34N4O3/c1-25(2)20(15-17-9-4-3-5-10-17)21(28)24-19(12-6-7-13-23)22(29)26-14-8-11-18(26)16-27/h3-5,9-10,16,18-20H,6-8,11-15,23H2,1-2H3,(H,24,28)/t18-,19-,20-/m0/s1. The number of hydrogen-bond donors (Lipinski definition) is 2. The van der Waals surface area contributed by atoms with Crippen molar-refractivity contribution < 1.29 is 14.4 Å². The Balaban J connectivity index is 2.11. The molecule has 160 valence electrons. The Morgan fingerprint density at radius 2 is 2.00 bits per heavy atom. The fourth-order valence-corrected chi connectivity index (χ4v) is 3.77. The fourth-order valence-electron chi connectivity index (χ4n) is 3.77. The molecule has 0 saturated carbocycles. The minimum atomic E-state index is -0.632. The van der Waals surface area contributed by atoms with E-state index in [0.29, 0.717) is 32.4 Å². The number of unbranched alkanes of at least 4 members (excludes halogenated alkanes) is 1. The number of hydrogen-bond acceptors (Lipinski definition) is 5. The van der Waals surface area contributed by atoms with Gasteiger partial charge in [-0.25, -0.2) is 0 Å². The van der Waals surface area contributed by atoms with Gasteiger partial charge in [0, 0.05) is 6.54 Å². The zero-order valence-electron chi connectivity index (χ0n) is 17.5. The molecule has 0 bridgehead atoms. The van der Waals surface area contributed by atoms with Crippen LogP contribution in [0.2, 0.25) is 0 Å². The lowest BCUT2D eigenvalue weighted by Gasteiger charge is -2.30. The monoisotopic (exact) mass is 402 g/mol. The van der Waals surface area contributed by atoms with Gasteiger partial charge in [0.1, 0.15) is 12.3 Å². The SMILES string of the molecule is CN(C)[C@@H](Cc1ccccc1)C(=O)N[C@@H](CCCCN)C(=O)N1CCC[C@H]1C=O. The fraction of sp³-hybridized carbons (Fsp3) is 0.591. The van der Waals surface area contributed by atoms with E-state index in [1.54, 1.807) is 4.90 Å². The van der Waals surface area contributed by atoms with E-state index in [-0.39, 0.29) is 23.9 Å². The van der Waals surface area contributed by atoms with E-state index < -0.39 is 6.04 Å². The van der Waals surface area contributed by atoms with E-state index in [4.69, 9.17) is 5.73 Å². The topological polar surface area (TPSA) is 95.7 Å². The number of benzene rings is 1. The first-order valence-corrected chi connectivity index (χ1v) is 10.4. The summed E-state index contributed by atoms with van der Waals surface area (Å²) in [6, 6.07) is 8.43. The molecule has 2 amide bonds. The molecule has 7 heteroatoms. The van der Waals surface area contributed by atoms with Gasteiger partial charge in [-0.05, 0) is 64.7 Å². The molecule has 2 rings (SSSR count). The molecule has 3 atom stereocenters. The van der Waals surface area contributed by atoms with Gasteiger partial charge in [0.2, 0.25) is 11.8 Å². The first kappa shape index (κ1) is 23.0. The third-order valence-corrected chi connectivity index (χ3v) is 5.50. The molecule has 0 spiro atoms. The summed E-state index contributed by atoms with van der Waals surface area (Å²) in [5.41, 5.74) is 6.66. The Bertz CT molecular complexity index is 665. The lowest BCUT2D eigenvalue weighted by molar-refractivity contribution is -0.139. The van der Waals surface area contributed by atoms with Crippen molar-refractivity contribution in [1.29, 1.82) is 0 Å². The number of likely N-dealkylation sites (N-methyl/N-ethyl adjacent to an activating group) is 1. The van der Waals surface area contributed by atoms with E-state index in [1.165, 1.54) is 0 Å². The van der Waals surface area contributed by atoms with Gasteiger partial charge in [-0.2, -0.15) is 0 Å². The van der Waals surface area contributed by atoms with Crippen molar-refractivity contribution in [3.8, 4) is 0 Å². The van der Waals surface area contributed by atoms with Gasteiger partial charge in [0.05, 0.1) is 12.1 Å². The van der Waals surface area contributed by atoms with Crippen molar-refractivity contribution >= 4 is 18.1 Å². The number of rotatable bonds is 11. The van der Waals surface area contributed by atoms with Gasteiger partial charge < -0.3 is 20.7 Å². The highest BCUT2D eigenvalue weighted by Gasteiger charge is 2.34. The summed E-state index contributed by atoms with van der Waals surface area (Å²) in [4.78, 5) is 41.0. The Morgan fingerprint density at radius 1 is 1.28 bits per heavy atom. The summed E-state index contributed by atoms with van der Waals surface area (Å²) in [5.74, 6) is -0.339. The third kappa shape index (κ3) is 6.65. The van der Waals surface area contributed by atoms with Crippen molar-refractivity contribution in [3.63, 3.8) is 0 Å². The Hall–Kier alpha value is -2.25. The van der Waals surface area contributed by atoms with Gasteiger partial charge in [0.15, 0.2) is 0 Å². The van der Waals surface area contributed by atoms with Crippen LogP contribution in [0.5, 0.6) is 0 Å². The van der Waals surface area contributed by atoms with Crippen LogP contribution in [0.15, 0.2) is 30.3 Å². The quantitative estimate of drug-likeness (QED) is 0.425. The number of nitrogens with two attached hydrogens (primary N) is 1. The third-order valence-electron chi connectivity index (χ3n) is 5.50. The van der Waals surface area contributed by atoms with Crippen LogP contribution in [-0.2, 0) is 20.8 Å². The summed E-state index contributed by atoms with van der Waals surface area (Å²) in [7, 11) is 3.72. The van der Waals surface area contributed by atoms with Crippen LogP contribution in [0.3, 0.4) is 0 Å². The number of carbonyl (C=O) groups excluding carboxylic acids is 3. The molecule has 1 heterocycles. The first-order valence-electron chi connectivity index (χ1n) is 10.4. The molecule has 1 aromatic carbocycles. The Morgan fingerprint density at radius 3 is 2.62 bits per heavy atom. The number of nitrogens with one attached hydrogen (secondary N) is 1. The Kier molecular flexibility index (Phi) is 9.28. The smallest absolute Gasteiger partial charge is 0.245 e. The van der Waals surface area contributed by atoms with Gasteiger partial charge in [-0.15, -0.1) is 0 Å². The molecule has 1 saturated heterocycles. The van der Waals surface area contributed by atoms with E-state index in [2.05, 4.69) is 5.32 Å². The largest absolute Gasteiger partial charge is 0.343 e. The lowest BCUT2D eigenvalue weighted by atomic mass is 10.0. The van der Waals surface area contributed by atoms with E-state index >= 15 is 0 Å². The van der Waals surface area contributed by atoms with Gasteiger partial charge in [0.25, 0.3) is 0 Å². The minimum absolute atomic E-state index is 0.165. The van der Waals surface area contributed by atoms with Crippen molar-refractivity contribution in [2.24, 2.45) is 5.73 Å². The zero-order valence-corrected chi connectivity index (χ0v) is 17.5. The molecule has 0 aromatic heterocycles. The highest BCUT2D eigenvalue weighted by Crippen LogP contribution is 2.18. The molecule has 0 aliphatic carbocycles. The average molecular weight is 403 g/mol. The number of amides is 2. The van der Waals surface area contributed by atoms with Gasteiger partial charge in [-0.1, -0.05) is 30.3 Å². The highest BCUT2D eigenvalue weighted by atomic mass is 16.2. The minimum Gasteiger partial charge on any atom is -0.343 e. The first-order chi connectivity index (χ1) is 14.0. The predicted octanol–water partition coefficient (Wildman–Crippen LogP) is 0.963.